The van der Waals surface area contributed by atoms with Crippen LogP contribution in [-0.2, 0) is 6.54 Å². The lowest BCUT2D eigenvalue weighted by atomic mass is 10.2. The summed E-state index contributed by atoms with van der Waals surface area (Å²) in [6, 6.07) is 14.6. The molecular formula is C19H17ClN4O. The molecule has 0 fully saturated rings. The first kappa shape index (κ1) is 16.9. The molecule has 126 valence electrons. The zero-order valence-corrected chi connectivity index (χ0v) is 14.4. The van der Waals surface area contributed by atoms with E-state index in [0.717, 1.165) is 16.9 Å². The van der Waals surface area contributed by atoms with Gasteiger partial charge in [0.25, 0.3) is 5.91 Å². The summed E-state index contributed by atoms with van der Waals surface area (Å²) < 4.78 is 0. The zero-order valence-electron chi connectivity index (χ0n) is 13.7. The van der Waals surface area contributed by atoms with Gasteiger partial charge in [0.1, 0.15) is 5.69 Å². The van der Waals surface area contributed by atoms with Crippen molar-refractivity contribution in [2.24, 2.45) is 0 Å². The molecule has 1 amide bonds. The molecule has 25 heavy (non-hydrogen) atoms. The second-order valence-electron chi connectivity index (χ2n) is 5.52. The van der Waals surface area contributed by atoms with Crippen LogP contribution in [-0.4, -0.2) is 15.9 Å². The summed E-state index contributed by atoms with van der Waals surface area (Å²) in [7, 11) is 0. The van der Waals surface area contributed by atoms with Gasteiger partial charge in [-0.15, -0.1) is 0 Å². The third kappa shape index (κ3) is 4.55. The summed E-state index contributed by atoms with van der Waals surface area (Å²) in [5.41, 5.74) is 3.68. The lowest BCUT2D eigenvalue weighted by molar-refractivity contribution is 0.102. The van der Waals surface area contributed by atoms with E-state index in [0.29, 0.717) is 22.9 Å². The highest BCUT2D eigenvalue weighted by atomic mass is 35.5. The maximum atomic E-state index is 12.3. The number of benzene rings is 1. The van der Waals surface area contributed by atoms with E-state index in [1.54, 1.807) is 24.5 Å². The predicted molar refractivity (Wildman–Crippen MR) is 99.9 cm³/mol. The van der Waals surface area contributed by atoms with Crippen LogP contribution in [0.4, 0.5) is 11.4 Å². The number of aryl methyl sites for hydroxylation is 1. The minimum absolute atomic E-state index is 0.281. The molecule has 2 heterocycles. The molecule has 0 aliphatic heterocycles. The van der Waals surface area contributed by atoms with Crippen LogP contribution in [0.1, 0.15) is 21.7 Å². The summed E-state index contributed by atoms with van der Waals surface area (Å²) in [5.74, 6) is -0.281. The van der Waals surface area contributed by atoms with Gasteiger partial charge in [-0.05, 0) is 48.9 Å². The Morgan fingerprint density at radius 3 is 2.60 bits per heavy atom. The first-order chi connectivity index (χ1) is 12.1. The Kier molecular flexibility index (Phi) is 5.26. The number of pyridine rings is 2. The fraction of sp³-hybridized carbons (Fsp3) is 0.105. The van der Waals surface area contributed by atoms with Crippen LogP contribution >= 0.6 is 11.6 Å². The van der Waals surface area contributed by atoms with Crippen LogP contribution in [0.2, 0.25) is 5.02 Å². The minimum Gasteiger partial charge on any atom is -0.378 e. The fourth-order valence-corrected chi connectivity index (χ4v) is 2.37. The van der Waals surface area contributed by atoms with Gasteiger partial charge in [0.15, 0.2) is 0 Å². The van der Waals surface area contributed by atoms with Crippen LogP contribution in [0, 0.1) is 6.92 Å². The third-order valence-electron chi connectivity index (χ3n) is 3.63. The Balaban J connectivity index is 1.61. The normalized spacial score (nSPS) is 10.3. The highest BCUT2D eigenvalue weighted by Gasteiger charge is 2.08. The number of rotatable bonds is 5. The number of anilines is 2. The van der Waals surface area contributed by atoms with Gasteiger partial charge in [-0.3, -0.25) is 9.78 Å². The van der Waals surface area contributed by atoms with E-state index in [1.807, 2.05) is 43.3 Å². The lowest BCUT2D eigenvalue weighted by Crippen LogP contribution is -2.13. The van der Waals surface area contributed by atoms with E-state index in [9.17, 15) is 4.79 Å². The molecular weight excluding hydrogens is 336 g/mol. The summed E-state index contributed by atoms with van der Waals surface area (Å²) >= 11 is 6.07. The second kappa shape index (κ2) is 7.77. The van der Waals surface area contributed by atoms with Crippen molar-refractivity contribution in [2.45, 2.75) is 13.5 Å². The number of hydrogen-bond acceptors (Lipinski definition) is 4. The standard InChI is InChI=1S/C19H17ClN4O/c1-13-5-6-14(10-17(13)20)24-19(25)18-8-7-16(12-23-18)22-11-15-4-2-3-9-21-15/h2-10,12,22H,11H2,1H3,(H,24,25). The summed E-state index contributed by atoms with van der Waals surface area (Å²) in [4.78, 5) is 20.7. The molecule has 1 aromatic carbocycles. The number of carbonyl (C=O) groups excluding carboxylic acids is 1. The van der Waals surface area contributed by atoms with E-state index in [4.69, 9.17) is 11.6 Å². The number of nitrogens with zero attached hydrogens (tertiary/aromatic N) is 2. The van der Waals surface area contributed by atoms with Gasteiger partial charge in [0.2, 0.25) is 0 Å². The largest absolute Gasteiger partial charge is 0.378 e. The molecule has 0 unspecified atom stereocenters. The molecule has 0 saturated heterocycles. The monoisotopic (exact) mass is 352 g/mol. The number of halogens is 1. The van der Waals surface area contributed by atoms with Crippen molar-refractivity contribution in [3.05, 3.63) is 82.9 Å². The van der Waals surface area contributed by atoms with E-state index >= 15 is 0 Å². The predicted octanol–water partition coefficient (Wildman–Crippen LogP) is 4.30. The average molecular weight is 353 g/mol. The van der Waals surface area contributed by atoms with Gasteiger partial charge < -0.3 is 10.6 Å². The van der Waals surface area contributed by atoms with Gasteiger partial charge in [0, 0.05) is 16.9 Å². The number of aromatic nitrogens is 2. The topological polar surface area (TPSA) is 66.9 Å². The smallest absolute Gasteiger partial charge is 0.274 e. The summed E-state index contributed by atoms with van der Waals surface area (Å²) in [6.45, 7) is 2.50. The maximum Gasteiger partial charge on any atom is 0.274 e. The Bertz CT molecular complexity index is 866. The zero-order chi connectivity index (χ0) is 17.6. The Morgan fingerprint density at radius 1 is 1.08 bits per heavy atom. The Labute approximate surface area is 151 Å². The minimum atomic E-state index is -0.281. The van der Waals surface area contributed by atoms with Crippen LogP contribution in [0.15, 0.2) is 60.9 Å². The fourth-order valence-electron chi connectivity index (χ4n) is 2.19. The molecule has 0 radical (unpaired) electrons. The van der Waals surface area contributed by atoms with Crippen LogP contribution < -0.4 is 10.6 Å². The maximum absolute atomic E-state index is 12.3. The van der Waals surface area contributed by atoms with Crippen molar-refractivity contribution in [2.75, 3.05) is 10.6 Å². The number of nitrogens with one attached hydrogen (secondary N) is 2. The van der Waals surface area contributed by atoms with Crippen LogP contribution in [0.25, 0.3) is 0 Å². The summed E-state index contributed by atoms with van der Waals surface area (Å²) in [6.07, 6.45) is 3.38. The van der Waals surface area contributed by atoms with Gasteiger partial charge in [-0.1, -0.05) is 23.7 Å². The number of amides is 1. The van der Waals surface area contributed by atoms with Crippen molar-refractivity contribution < 1.29 is 4.79 Å². The molecule has 3 rings (SSSR count). The molecule has 6 heteroatoms. The third-order valence-corrected chi connectivity index (χ3v) is 4.03. The van der Waals surface area contributed by atoms with Gasteiger partial charge in [-0.2, -0.15) is 0 Å². The van der Waals surface area contributed by atoms with Crippen molar-refractivity contribution in [3.63, 3.8) is 0 Å². The number of carbonyl (C=O) groups is 1. The molecule has 0 spiro atoms. The van der Waals surface area contributed by atoms with E-state index < -0.39 is 0 Å². The molecule has 0 aliphatic rings. The van der Waals surface area contributed by atoms with Crippen molar-refractivity contribution in [1.82, 2.24) is 9.97 Å². The van der Waals surface area contributed by atoms with E-state index in [1.165, 1.54) is 0 Å². The molecule has 3 aromatic rings. The first-order valence-corrected chi connectivity index (χ1v) is 8.17. The lowest BCUT2D eigenvalue weighted by Gasteiger charge is -2.08. The Hall–Kier alpha value is -2.92. The van der Waals surface area contributed by atoms with Gasteiger partial charge in [0.05, 0.1) is 24.1 Å². The molecule has 0 atom stereocenters. The highest BCUT2D eigenvalue weighted by Crippen LogP contribution is 2.20. The van der Waals surface area contributed by atoms with Crippen molar-refractivity contribution in [3.8, 4) is 0 Å². The van der Waals surface area contributed by atoms with E-state index in [-0.39, 0.29) is 5.91 Å². The number of hydrogen-bond donors (Lipinski definition) is 2. The summed E-state index contributed by atoms with van der Waals surface area (Å²) in [5, 5.41) is 6.61. The molecule has 0 saturated carbocycles. The molecule has 0 aliphatic carbocycles. The Morgan fingerprint density at radius 2 is 1.92 bits per heavy atom. The van der Waals surface area contributed by atoms with Crippen LogP contribution in [0.3, 0.4) is 0 Å². The van der Waals surface area contributed by atoms with Crippen LogP contribution in [0.5, 0.6) is 0 Å². The average Bonchev–Trinajstić information content (AvgIpc) is 2.64. The molecule has 2 aromatic heterocycles. The highest BCUT2D eigenvalue weighted by molar-refractivity contribution is 6.31. The van der Waals surface area contributed by atoms with Crippen molar-refractivity contribution in [1.29, 1.82) is 0 Å². The van der Waals surface area contributed by atoms with Gasteiger partial charge in [-0.25, -0.2) is 4.98 Å². The first-order valence-electron chi connectivity index (χ1n) is 7.79. The second-order valence-corrected chi connectivity index (χ2v) is 5.93. The molecule has 2 N–H and O–H groups in total. The van der Waals surface area contributed by atoms with Gasteiger partial charge >= 0.3 is 0 Å². The molecule has 0 bridgehead atoms. The SMILES string of the molecule is Cc1ccc(NC(=O)c2ccc(NCc3ccccn3)cn2)cc1Cl. The quantitative estimate of drug-likeness (QED) is 0.718. The molecule has 5 nitrogen and oxygen atoms in total. The van der Waals surface area contributed by atoms with Crippen molar-refractivity contribution >= 4 is 28.9 Å². The van der Waals surface area contributed by atoms with E-state index in [2.05, 4.69) is 20.6 Å².